The van der Waals surface area contributed by atoms with Gasteiger partial charge in [0.1, 0.15) is 19.0 Å². The summed E-state index contributed by atoms with van der Waals surface area (Å²) in [6.07, 6.45) is 0.782. The normalized spacial score (nSPS) is 10.2. The molecule has 0 aromatic heterocycles. The number of para-hydroxylation sites is 1. The fourth-order valence-corrected chi connectivity index (χ4v) is 2.22. The van der Waals surface area contributed by atoms with E-state index in [4.69, 9.17) is 9.47 Å². The molecule has 2 rings (SSSR count). The average Bonchev–Trinajstić information content (AvgIpc) is 2.59. The summed E-state index contributed by atoms with van der Waals surface area (Å²) in [5.41, 5.74) is 1.42. The molecule has 0 bridgehead atoms. The maximum absolute atomic E-state index is 11.8. The fourth-order valence-electron chi connectivity index (χ4n) is 2.22. The molecule has 6 heteroatoms. The standard InChI is InChI=1S/C18H19NO5/c1-2-14-6-5-8-16(12-14)23-10-11-24-18(20)13-15-7-3-4-9-17(15)19(21)22/h3-9,12H,2,10-11,13H2,1H3. The highest BCUT2D eigenvalue weighted by Crippen LogP contribution is 2.18. The molecule has 0 aliphatic rings. The van der Waals surface area contributed by atoms with E-state index in [0.717, 1.165) is 12.2 Å². The minimum absolute atomic E-state index is 0.0814. The van der Waals surface area contributed by atoms with Gasteiger partial charge in [0.25, 0.3) is 5.69 Å². The van der Waals surface area contributed by atoms with Gasteiger partial charge in [-0.05, 0) is 24.1 Å². The molecule has 0 atom stereocenters. The molecule has 0 amide bonds. The number of esters is 1. The Morgan fingerprint density at radius 2 is 1.92 bits per heavy atom. The van der Waals surface area contributed by atoms with Crippen LogP contribution in [0, 0.1) is 10.1 Å². The first kappa shape index (κ1) is 17.5. The number of hydrogen-bond acceptors (Lipinski definition) is 5. The lowest BCUT2D eigenvalue weighted by atomic mass is 10.1. The van der Waals surface area contributed by atoms with Crippen molar-refractivity contribution in [3.63, 3.8) is 0 Å². The molecule has 0 radical (unpaired) electrons. The molecule has 2 aromatic carbocycles. The number of nitro benzene ring substituents is 1. The highest BCUT2D eigenvalue weighted by molar-refractivity contribution is 5.74. The first-order valence-corrected chi connectivity index (χ1v) is 7.69. The van der Waals surface area contributed by atoms with Crippen LogP contribution in [-0.2, 0) is 22.4 Å². The van der Waals surface area contributed by atoms with Crippen LogP contribution in [0.3, 0.4) is 0 Å². The zero-order valence-electron chi connectivity index (χ0n) is 13.4. The second-order valence-corrected chi connectivity index (χ2v) is 5.13. The predicted octanol–water partition coefficient (Wildman–Crippen LogP) is 3.32. The Morgan fingerprint density at radius 3 is 2.67 bits per heavy atom. The van der Waals surface area contributed by atoms with E-state index in [0.29, 0.717) is 5.56 Å². The molecule has 6 nitrogen and oxygen atoms in total. The topological polar surface area (TPSA) is 78.7 Å². The van der Waals surface area contributed by atoms with Crippen molar-refractivity contribution in [2.75, 3.05) is 13.2 Å². The van der Waals surface area contributed by atoms with Gasteiger partial charge in [-0.2, -0.15) is 0 Å². The van der Waals surface area contributed by atoms with E-state index < -0.39 is 10.9 Å². The SMILES string of the molecule is CCc1cccc(OCCOC(=O)Cc2ccccc2[N+](=O)[O-])c1. The Bertz CT molecular complexity index is 714. The van der Waals surface area contributed by atoms with Crippen molar-refractivity contribution in [3.05, 3.63) is 69.8 Å². The molecule has 2 aromatic rings. The van der Waals surface area contributed by atoms with E-state index >= 15 is 0 Å². The fraction of sp³-hybridized carbons (Fsp3) is 0.278. The van der Waals surface area contributed by atoms with Gasteiger partial charge in [0.05, 0.1) is 11.3 Å². The van der Waals surface area contributed by atoms with Crippen molar-refractivity contribution in [2.45, 2.75) is 19.8 Å². The largest absolute Gasteiger partial charge is 0.490 e. The first-order chi connectivity index (χ1) is 11.6. The van der Waals surface area contributed by atoms with Crippen molar-refractivity contribution in [1.29, 1.82) is 0 Å². The van der Waals surface area contributed by atoms with Crippen LogP contribution >= 0.6 is 0 Å². The Labute approximate surface area is 140 Å². The summed E-state index contributed by atoms with van der Waals surface area (Å²) in [5.74, 6) is 0.208. The number of carbonyl (C=O) groups excluding carboxylic acids is 1. The third kappa shape index (κ3) is 5.08. The van der Waals surface area contributed by atoms with Crippen LogP contribution < -0.4 is 4.74 Å². The molecule has 0 unspecified atom stereocenters. The lowest BCUT2D eigenvalue weighted by molar-refractivity contribution is -0.385. The third-order valence-electron chi connectivity index (χ3n) is 3.44. The van der Waals surface area contributed by atoms with Crippen LogP contribution in [-0.4, -0.2) is 24.1 Å². The Morgan fingerprint density at radius 1 is 1.12 bits per heavy atom. The molecule has 0 spiro atoms. The molecule has 0 saturated heterocycles. The van der Waals surface area contributed by atoms with E-state index in [2.05, 4.69) is 6.92 Å². The number of aryl methyl sites for hydroxylation is 1. The van der Waals surface area contributed by atoms with Gasteiger partial charge in [-0.3, -0.25) is 14.9 Å². The molecule has 0 saturated carbocycles. The van der Waals surface area contributed by atoms with E-state index in [1.807, 2.05) is 24.3 Å². The molecular formula is C18H19NO5. The quantitative estimate of drug-likeness (QED) is 0.321. The van der Waals surface area contributed by atoms with E-state index in [9.17, 15) is 14.9 Å². The van der Waals surface area contributed by atoms with Gasteiger partial charge < -0.3 is 9.47 Å². The highest BCUT2D eigenvalue weighted by atomic mass is 16.6. The van der Waals surface area contributed by atoms with Crippen LogP contribution in [0.4, 0.5) is 5.69 Å². The van der Waals surface area contributed by atoms with Gasteiger partial charge in [-0.25, -0.2) is 0 Å². The maximum Gasteiger partial charge on any atom is 0.310 e. The summed E-state index contributed by atoms with van der Waals surface area (Å²) < 4.78 is 10.6. The number of hydrogen-bond donors (Lipinski definition) is 0. The lowest BCUT2D eigenvalue weighted by Crippen LogP contribution is -2.14. The van der Waals surface area contributed by atoms with Crippen LogP contribution in [0.1, 0.15) is 18.1 Å². The van der Waals surface area contributed by atoms with Crippen LogP contribution in [0.25, 0.3) is 0 Å². The summed E-state index contributed by atoms with van der Waals surface area (Å²) in [4.78, 5) is 22.2. The molecule has 0 fully saturated rings. The van der Waals surface area contributed by atoms with Crippen LogP contribution in [0.15, 0.2) is 48.5 Å². The number of rotatable bonds is 8. The van der Waals surface area contributed by atoms with Crippen molar-refractivity contribution in [2.24, 2.45) is 0 Å². The smallest absolute Gasteiger partial charge is 0.310 e. The van der Waals surface area contributed by atoms with Crippen molar-refractivity contribution in [1.82, 2.24) is 0 Å². The number of benzene rings is 2. The molecule has 24 heavy (non-hydrogen) atoms. The number of nitrogens with zero attached hydrogens (tertiary/aromatic N) is 1. The third-order valence-corrected chi connectivity index (χ3v) is 3.44. The molecule has 0 aliphatic carbocycles. The summed E-state index contributed by atoms with van der Waals surface area (Å²) in [6.45, 7) is 2.38. The molecule has 0 heterocycles. The lowest BCUT2D eigenvalue weighted by Gasteiger charge is -2.08. The summed E-state index contributed by atoms with van der Waals surface area (Å²) in [6, 6.07) is 13.8. The number of nitro groups is 1. The van der Waals surface area contributed by atoms with Gasteiger partial charge in [-0.15, -0.1) is 0 Å². The van der Waals surface area contributed by atoms with Crippen molar-refractivity contribution >= 4 is 11.7 Å². The zero-order chi connectivity index (χ0) is 17.4. The van der Waals surface area contributed by atoms with Crippen LogP contribution in [0.2, 0.25) is 0 Å². The van der Waals surface area contributed by atoms with Gasteiger partial charge in [0.2, 0.25) is 0 Å². The van der Waals surface area contributed by atoms with Crippen molar-refractivity contribution < 1.29 is 19.2 Å². The van der Waals surface area contributed by atoms with Gasteiger partial charge in [-0.1, -0.05) is 37.3 Å². The minimum atomic E-state index is -0.518. The number of carbonyl (C=O) groups is 1. The Balaban J connectivity index is 1.78. The zero-order valence-corrected chi connectivity index (χ0v) is 13.4. The van der Waals surface area contributed by atoms with Gasteiger partial charge in [0, 0.05) is 11.6 Å². The van der Waals surface area contributed by atoms with Crippen molar-refractivity contribution in [3.8, 4) is 5.75 Å². The minimum Gasteiger partial charge on any atom is -0.490 e. The predicted molar refractivity (Wildman–Crippen MR) is 89.1 cm³/mol. The van der Waals surface area contributed by atoms with Gasteiger partial charge in [0.15, 0.2) is 0 Å². The second-order valence-electron chi connectivity index (χ2n) is 5.13. The molecule has 0 N–H and O–H groups in total. The second kappa shape index (κ2) is 8.67. The Kier molecular flexibility index (Phi) is 6.31. The first-order valence-electron chi connectivity index (χ1n) is 7.69. The Hall–Kier alpha value is -2.89. The average molecular weight is 329 g/mol. The molecular weight excluding hydrogens is 310 g/mol. The summed E-state index contributed by atoms with van der Waals surface area (Å²) >= 11 is 0. The maximum atomic E-state index is 11.8. The molecule has 0 aliphatic heterocycles. The van der Waals surface area contributed by atoms with E-state index in [-0.39, 0.29) is 25.3 Å². The van der Waals surface area contributed by atoms with Gasteiger partial charge >= 0.3 is 5.97 Å². The monoisotopic (exact) mass is 329 g/mol. The number of ether oxygens (including phenoxy) is 2. The van der Waals surface area contributed by atoms with E-state index in [1.54, 1.807) is 18.2 Å². The summed E-state index contributed by atoms with van der Waals surface area (Å²) in [7, 11) is 0. The highest BCUT2D eigenvalue weighted by Gasteiger charge is 2.16. The van der Waals surface area contributed by atoms with E-state index in [1.165, 1.54) is 11.6 Å². The summed E-state index contributed by atoms with van der Waals surface area (Å²) in [5, 5.41) is 10.9. The molecule has 126 valence electrons. The van der Waals surface area contributed by atoms with Crippen LogP contribution in [0.5, 0.6) is 5.75 Å².